The molecule has 1 aromatic rings. The number of aromatic nitrogens is 1. The zero-order chi connectivity index (χ0) is 14.4. The van der Waals surface area contributed by atoms with E-state index in [1.165, 1.54) is 30.0 Å². The van der Waals surface area contributed by atoms with Gasteiger partial charge in [-0.15, -0.1) is 0 Å². The Morgan fingerprint density at radius 3 is 3.10 bits per heavy atom. The minimum atomic E-state index is 0.504. The fourth-order valence-corrected chi connectivity index (χ4v) is 4.35. The highest BCUT2D eigenvalue weighted by atomic mass is 79.9. The molecule has 1 aliphatic heterocycles. The highest BCUT2D eigenvalue weighted by Gasteiger charge is 2.27. The van der Waals surface area contributed by atoms with Gasteiger partial charge in [-0.1, -0.05) is 6.92 Å². The quantitative estimate of drug-likeness (QED) is 0.847. The number of halogens is 1. The first kappa shape index (κ1) is 16.3. The van der Waals surface area contributed by atoms with Crippen molar-refractivity contribution in [3.05, 3.63) is 28.5 Å². The second-order valence-electron chi connectivity index (χ2n) is 5.40. The van der Waals surface area contributed by atoms with Crippen molar-refractivity contribution in [2.24, 2.45) is 0 Å². The van der Waals surface area contributed by atoms with Gasteiger partial charge >= 0.3 is 0 Å². The van der Waals surface area contributed by atoms with Crippen molar-refractivity contribution in [2.75, 3.05) is 31.6 Å². The third-order valence-corrected chi connectivity index (χ3v) is 5.26. The molecule has 1 saturated heterocycles. The fourth-order valence-electron chi connectivity index (χ4n) is 2.62. The summed E-state index contributed by atoms with van der Waals surface area (Å²) in [6, 6.07) is 3.30. The molecule has 0 aromatic carbocycles. The van der Waals surface area contributed by atoms with Crippen molar-refractivity contribution >= 4 is 27.7 Å². The van der Waals surface area contributed by atoms with Crippen LogP contribution in [0.5, 0.6) is 0 Å². The van der Waals surface area contributed by atoms with Crippen molar-refractivity contribution in [1.82, 2.24) is 15.2 Å². The monoisotopic (exact) mass is 357 g/mol. The number of hydrogen-bond acceptors (Lipinski definition) is 4. The number of hydrogen-bond donors (Lipinski definition) is 1. The lowest BCUT2D eigenvalue weighted by Gasteiger charge is -2.38. The van der Waals surface area contributed by atoms with E-state index in [1.54, 1.807) is 0 Å². The Bertz CT molecular complexity index is 416. The Morgan fingerprint density at radius 1 is 1.55 bits per heavy atom. The molecule has 5 heteroatoms. The summed E-state index contributed by atoms with van der Waals surface area (Å²) in [7, 11) is 2.25. The van der Waals surface area contributed by atoms with Crippen molar-refractivity contribution in [2.45, 2.75) is 31.8 Å². The summed E-state index contributed by atoms with van der Waals surface area (Å²) in [6.07, 6.45) is 6.06. The molecule has 3 nitrogen and oxygen atoms in total. The summed E-state index contributed by atoms with van der Waals surface area (Å²) < 4.78 is 1.07. The van der Waals surface area contributed by atoms with Gasteiger partial charge in [0, 0.05) is 47.0 Å². The number of pyridine rings is 1. The van der Waals surface area contributed by atoms with E-state index in [2.05, 4.69) is 62.9 Å². The molecule has 1 aromatic heterocycles. The largest absolute Gasteiger partial charge is 0.312 e. The van der Waals surface area contributed by atoms with Crippen LogP contribution in [0.25, 0.3) is 0 Å². The molecule has 0 spiro atoms. The molecule has 20 heavy (non-hydrogen) atoms. The number of rotatable bonds is 6. The average molecular weight is 358 g/mol. The van der Waals surface area contributed by atoms with E-state index in [9.17, 15) is 0 Å². The minimum absolute atomic E-state index is 0.504. The normalized spacial score (nSPS) is 21.9. The van der Waals surface area contributed by atoms with Gasteiger partial charge in [0.05, 0.1) is 0 Å². The van der Waals surface area contributed by atoms with E-state index in [0.29, 0.717) is 12.1 Å². The maximum absolute atomic E-state index is 4.29. The maximum atomic E-state index is 4.29. The third-order valence-electron chi connectivity index (χ3n) is 3.78. The van der Waals surface area contributed by atoms with Gasteiger partial charge in [-0.3, -0.25) is 4.98 Å². The van der Waals surface area contributed by atoms with Gasteiger partial charge in [-0.05, 0) is 54.0 Å². The summed E-state index contributed by atoms with van der Waals surface area (Å²) in [4.78, 5) is 6.80. The minimum Gasteiger partial charge on any atom is -0.312 e. The molecule has 2 heterocycles. The first-order valence-corrected chi connectivity index (χ1v) is 9.26. The molecular weight excluding hydrogens is 334 g/mol. The van der Waals surface area contributed by atoms with Crippen molar-refractivity contribution in [3.63, 3.8) is 0 Å². The molecule has 2 rings (SSSR count). The Balaban J connectivity index is 2.06. The molecule has 1 aliphatic rings. The number of nitrogens with zero attached hydrogens (tertiary/aromatic N) is 2. The van der Waals surface area contributed by atoms with Gasteiger partial charge < -0.3 is 10.2 Å². The van der Waals surface area contributed by atoms with E-state index in [4.69, 9.17) is 0 Å². The zero-order valence-corrected chi connectivity index (χ0v) is 14.7. The summed E-state index contributed by atoms with van der Waals surface area (Å²) in [5, 5.41) is 3.74. The average Bonchev–Trinajstić information content (AvgIpc) is 2.44. The van der Waals surface area contributed by atoms with Crippen LogP contribution in [0.1, 0.15) is 18.9 Å². The van der Waals surface area contributed by atoms with Gasteiger partial charge in [0.2, 0.25) is 0 Å². The van der Waals surface area contributed by atoms with Crippen LogP contribution in [-0.4, -0.2) is 53.6 Å². The van der Waals surface area contributed by atoms with Crippen molar-refractivity contribution in [3.8, 4) is 0 Å². The van der Waals surface area contributed by atoms with Crippen molar-refractivity contribution < 1.29 is 0 Å². The van der Waals surface area contributed by atoms with Crippen LogP contribution >= 0.6 is 27.7 Å². The SMILES string of the molecule is CCCNC(Cc1cncc(Br)c1)C1CSCCN1C. The molecule has 0 aliphatic carbocycles. The van der Waals surface area contributed by atoms with E-state index in [-0.39, 0.29) is 0 Å². The predicted molar refractivity (Wildman–Crippen MR) is 91.5 cm³/mol. The summed E-state index contributed by atoms with van der Waals surface area (Å²) >= 11 is 5.59. The fraction of sp³-hybridized carbons (Fsp3) is 0.667. The van der Waals surface area contributed by atoms with Crippen LogP contribution in [0, 0.1) is 0 Å². The zero-order valence-electron chi connectivity index (χ0n) is 12.3. The lowest BCUT2D eigenvalue weighted by molar-refractivity contribution is 0.213. The van der Waals surface area contributed by atoms with Crippen LogP contribution in [0.15, 0.2) is 22.9 Å². The topological polar surface area (TPSA) is 28.2 Å². The molecule has 2 unspecified atom stereocenters. The highest BCUT2D eigenvalue weighted by Crippen LogP contribution is 2.20. The van der Waals surface area contributed by atoms with Crippen LogP contribution in [-0.2, 0) is 6.42 Å². The van der Waals surface area contributed by atoms with Gasteiger partial charge in [0.15, 0.2) is 0 Å². The van der Waals surface area contributed by atoms with Gasteiger partial charge in [-0.2, -0.15) is 11.8 Å². The molecule has 1 fully saturated rings. The predicted octanol–water partition coefficient (Wildman–Crippen LogP) is 2.80. The standard InChI is InChI=1S/C15H24BrN3S/c1-3-4-18-14(15-11-20-6-5-19(15)2)8-12-7-13(16)10-17-9-12/h7,9-10,14-15,18H,3-6,8,11H2,1-2H3. The van der Waals surface area contributed by atoms with Gasteiger partial charge in [0.1, 0.15) is 0 Å². The van der Waals surface area contributed by atoms with Crippen LogP contribution in [0.3, 0.4) is 0 Å². The number of thioether (sulfide) groups is 1. The lowest BCUT2D eigenvalue weighted by Crippen LogP contribution is -2.53. The summed E-state index contributed by atoms with van der Waals surface area (Å²) in [6.45, 7) is 4.50. The van der Waals surface area contributed by atoms with E-state index < -0.39 is 0 Å². The lowest BCUT2D eigenvalue weighted by atomic mass is 10.00. The van der Waals surface area contributed by atoms with Crippen LogP contribution < -0.4 is 5.32 Å². The highest BCUT2D eigenvalue weighted by molar-refractivity contribution is 9.10. The molecule has 0 saturated carbocycles. The molecule has 2 atom stereocenters. The summed E-state index contributed by atoms with van der Waals surface area (Å²) in [5.41, 5.74) is 1.30. The first-order valence-electron chi connectivity index (χ1n) is 7.31. The Labute approximate surface area is 135 Å². The Kier molecular flexibility index (Phi) is 6.81. The maximum Gasteiger partial charge on any atom is 0.0410 e. The molecule has 1 N–H and O–H groups in total. The second-order valence-corrected chi connectivity index (χ2v) is 7.46. The van der Waals surface area contributed by atoms with Crippen molar-refractivity contribution in [1.29, 1.82) is 0 Å². The van der Waals surface area contributed by atoms with Gasteiger partial charge in [-0.25, -0.2) is 0 Å². The van der Waals surface area contributed by atoms with Crippen LogP contribution in [0.4, 0.5) is 0 Å². The number of nitrogens with one attached hydrogen (secondary N) is 1. The second kappa shape index (κ2) is 8.37. The van der Waals surface area contributed by atoms with E-state index in [1.807, 2.05) is 12.4 Å². The Hall–Kier alpha value is -0.100. The molecule has 0 amide bonds. The molecule has 112 valence electrons. The first-order chi connectivity index (χ1) is 9.70. The van der Waals surface area contributed by atoms with E-state index in [0.717, 1.165) is 17.4 Å². The summed E-state index contributed by atoms with van der Waals surface area (Å²) in [5.74, 6) is 2.48. The number of likely N-dealkylation sites (N-methyl/N-ethyl adjacent to an activating group) is 1. The van der Waals surface area contributed by atoms with Gasteiger partial charge in [0.25, 0.3) is 0 Å². The van der Waals surface area contributed by atoms with E-state index >= 15 is 0 Å². The Morgan fingerprint density at radius 2 is 2.40 bits per heavy atom. The van der Waals surface area contributed by atoms with Crippen LogP contribution in [0.2, 0.25) is 0 Å². The molecule has 0 radical (unpaired) electrons. The molecule has 0 bridgehead atoms. The molecular formula is C15H24BrN3S. The third kappa shape index (κ3) is 4.72. The smallest absolute Gasteiger partial charge is 0.0410 e.